The summed E-state index contributed by atoms with van der Waals surface area (Å²) in [6.07, 6.45) is 1.63. The number of esters is 1. The van der Waals surface area contributed by atoms with E-state index in [1.54, 1.807) is 48.2 Å². The fraction of sp³-hybridized carbons (Fsp3) is 0.158. The Morgan fingerprint density at radius 2 is 1.92 bits per heavy atom. The summed E-state index contributed by atoms with van der Waals surface area (Å²) in [7, 11) is 0. The molecule has 0 amide bonds. The van der Waals surface area contributed by atoms with Crippen molar-refractivity contribution >= 4 is 29.2 Å². The standard InChI is InChI=1S/C19H17NO3S/c1-3-20-16-12-15(23-19(22)14-7-5-4-6-8-14)9-10-17(16)24-18(20)11-13(2)21/h4-12H,3H2,1-2H3/b18-11-. The number of nitrogens with zero attached hydrogens (tertiary/aromatic N) is 1. The van der Waals surface area contributed by atoms with E-state index in [1.165, 1.54) is 6.92 Å². The van der Waals surface area contributed by atoms with Crippen LogP contribution in [0.15, 0.2) is 64.5 Å². The minimum Gasteiger partial charge on any atom is -0.423 e. The summed E-state index contributed by atoms with van der Waals surface area (Å²) in [5, 5.41) is 0.895. The Labute approximate surface area is 145 Å². The zero-order valence-electron chi connectivity index (χ0n) is 13.5. The highest BCUT2D eigenvalue weighted by atomic mass is 32.2. The highest BCUT2D eigenvalue weighted by Gasteiger charge is 2.25. The number of hydrogen-bond acceptors (Lipinski definition) is 5. The molecule has 0 atom stereocenters. The van der Waals surface area contributed by atoms with Gasteiger partial charge in [-0.2, -0.15) is 0 Å². The molecule has 1 aliphatic heterocycles. The van der Waals surface area contributed by atoms with Crippen LogP contribution in [0.1, 0.15) is 24.2 Å². The first-order valence-corrected chi connectivity index (χ1v) is 8.49. The van der Waals surface area contributed by atoms with E-state index in [0.717, 1.165) is 22.2 Å². The van der Waals surface area contributed by atoms with Crippen LogP contribution in [0.2, 0.25) is 0 Å². The molecule has 0 unspecified atom stereocenters. The van der Waals surface area contributed by atoms with Crippen LogP contribution < -0.4 is 9.64 Å². The summed E-state index contributed by atoms with van der Waals surface area (Å²) in [5.74, 6) is 0.119. The molecule has 5 heteroatoms. The lowest BCUT2D eigenvalue weighted by Gasteiger charge is -2.18. The predicted octanol–water partition coefficient (Wildman–Crippen LogP) is 4.27. The molecule has 0 spiro atoms. The summed E-state index contributed by atoms with van der Waals surface area (Å²) >= 11 is 1.55. The molecule has 0 N–H and O–H groups in total. The maximum atomic E-state index is 12.2. The summed E-state index contributed by atoms with van der Waals surface area (Å²) in [5.41, 5.74) is 1.46. The first-order chi connectivity index (χ1) is 11.6. The van der Waals surface area contributed by atoms with E-state index in [2.05, 4.69) is 0 Å². The molecule has 2 aromatic carbocycles. The van der Waals surface area contributed by atoms with Gasteiger partial charge in [0.2, 0.25) is 0 Å². The van der Waals surface area contributed by atoms with Gasteiger partial charge in [0, 0.05) is 23.6 Å². The minimum atomic E-state index is -0.385. The van der Waals surface area contributed by atoms with Crippen LogP contribution in [-0.2, 0) is 4.79 Å². The molecule has 0 saturated heterocycles. The topological polar surface area (TPSA) is 46.6 Å². The highest BCUT2D eigenvalue weighted by molar-refractivity contribution is 8.03. The van der Waals surface area contributed by atoms with Crippen molar-refractivity contribution < 1.29 is 14.3 Å². The lowest BCUT2D eigenvalue weighted by atomic mass is 10.2. The number of rotatable bonds is 4. The average Bonchev–Trinajstić information content (AvgIpc) is 2.91. The number of ether oxygens (including phenoxy) is 1. The Morgan fingerprint density at radius 1 is 1.17 bits per heavy atom. The molecular formula is C19H17NO3S. The van der Waals surface area contributed by atoms with Crippen LogP contribution >= 0.6 is 11.8 Å². The second kappa shape index (κ2) is 6.93. The summed E-state index contributed by atoms with van der Waals surface area (Å²) in [6.45, 7) is 4.29. The number of thioether (sulfide) groups is 1. The number of carbonyl (C=O) groups excluding carboxylic acids is 2. The third kappa shape index (κ3) is 3.36. The number of benzene rings is 2. The Hall–Kier alpha value is -2.53. The van der Waals surface area contributed by atoms with Crippen LogP contribution in [0.25, 0.3) is 0 Å². The Kier molecular flexibility index (Phi) is 4.71. The molecule has 122 valence electrons. The Morgan fingerprint density at radius 3 is 2.58 bits per heavy atom. The first kappa shape index (κ1) is 16.3. The van der Waals surface area contributed by atoms with Gasteiger partial charge in [0.05, 0.1) is 16.3 Å². The smallest absolute Gasteiger partial charge is 0.343 e. The zero-order valence-corrected chi connectivity index (χ0v) is 14.3. The number of carbonyl (C=O) groups is 2. The van der Waals surface area contributed by atoms with Gasteiger partial charge in [0.15, 0.2) is 5.78 Å². The van der Waals surface area contributed by atoms with Crippen molar-refractivity contribution in [2.75, 3.05) is 11.4 Å². The average molecular weight is 339 g/mol. The van der Waals surface area contributed by atoms with E-state index >= 15 is 0 Å². The molecule has 0 saturated carbocycles. The van der Waals surface area contributed by atoms with Crippen molar-refractivity contribution in [3.05, 3.63) is 65.2 Å². The van der Waals surface area contributed by atoms with Gasteiger partial charge in [-0.3, -0.25) is 4.79 Å². The maximum absolute atomic E-state index is 12.2. The van der Waals surface area contributed by atoms with Crippen molar-refractivity contribution in [3.8, 4) is 5.75 Å². The van der Waals surface area contributed by atoms with E-state index in [9.17, 15) is 9.59 Å². The molecule has 1 heterocycles. The normalized spacial score (nSPS) is 14.6. The van der Waals surface area contributed by atoms with E-state index in [0.29, 0.717) is 11.3 Å². The van der Waals surface area contributed by atoms with Crippen molar-refractivity contribution in [1.29, 1.82) is 0 Å². The van der Waals surface area contributed by atoms with Crippen molar-refractivity contribution in [2.45, 2.75) is 18.7 Å². The lowest BCUT2D eigenvalue weighted by Crippen LogP contribution is -2.17. The quantitative estimate of drug-likeness (QED) is 0.473. The largest absolute Gasteiger partial charge is 0.423 e. The van der Waals surface area contributed by atoms with E-state index in [1.807, 2.05) is 30.0 Å². The van der Waals surface area contributed by atoms with Crippen molar-refractivity contribution in [2.24, 2.45) is 0 Å². The van der Waals surface area contributed by atoms with Crippen LogP contribution in [0, 0.1) is 0 Å². The third-order valence-electron chi connectivity index (χ3n) is 3.56. The fourth-order valence-corrected chi connectivity index (χ4v) is 3.69. The SMILES string of the molecule is CCN1/C(=C/C(C)=O)Sc2ccc(OC(=O)c3ccccc3)cc21. The minimum absolute atomic E-state index is 0.0134. The number of anilines is 1. The molecule has 0 bridgehead atoms. The highest BCUT2D eigenvalue weighted by Crippen LogP contribution is 2.47. The maximum Gasteiger partial charge on any atom is 0.343 e. The van der Waals surface area contributed by atoms with Gasteiger partial charge in [0.25, 0.3) is 0 Å². The van der Waals surface area contributed by atoms with Crippen molar-refractivity contribution in [3.63, 3.8) is 0 Å². The molecule has 3 rings (SSSR count). The van der Waals surface area contributed by atoms with E-state index in [4.69, 9.17) is 4.74 Å². The zero-order chi connectivity index (χ0) is 17.1. The van der Waals surface area contributed by atoms with Crippen LogP contribution in [-0.4, -0.2) is 18.3 Å². The molecule has 2 aromatic rings. The molecule has 0 aliphatic carbocycles. The molecule has 4 nitrogen and oxygen atoms in total. The van der Waals surface area contributed by atoms with Gasteiger partial charge in [0.1, 0.15) is 5.75 Å². The monoisotopic (exact) mass is 339 g/mol. The Bertz CT molecular complexity index is 815. The van der Waals surface area contributed by atoms with Gasteiger partial charge in [-0.1, -0.05) is 30.0 Å². The molecule has 0 fully saturated rings. The number of ketones is 1. The summed E-state index contributed by atoms with van der Waals surface area (Å²) in [4.78, 5) is 26.7. The Balaban J connectivity index is 1.85. The second-order valence-corrected chi connectivity index (χ2v) is 6.39. The number of fused-ring (bicyclic) bond motifs is 1. The first-order valence-electron chi connectivity index (χ1n) is 7.67. The second-order valence-electron chi connectivity index (χ2n) is 5.32. The fourth-order valence-electron chi connectivity index (χ4n) is 2.49. The molecule has 24 heavy (non-hydrogen) atoms. The summed E-state index contributed by atoms with van der Waals surface area (Å²) in [6, 6.07) is 14.4. The summed E-state index contributed by atoms with van der Waals surface area (Å²) < 4.78 is 5.47. The van der Waals surface area contributed by atoms with Gasteiger partial charge in [-0.25, -0.2) is 4.79 Å². The van der Waals surface area contributed by atoms with E-state index in [-0.39, 0.29) is 11.8 Å². The number of allylic oxidation sites excluding steroid dienone is 1. The molecular weight excluding hydrogens is 322 g/mol. The lowest BCUT2D eigenvalue weighted by molar-refractivity contribution is -0.112. The van der Waals surface area contributed by atoms with Gasteiger partial charge in [-0.05, 0) is 38.1 Å². The predicted molar refractivity (Wildman–Crippen MR) is 95.5 cm³/mol. The van der Waals surface area contributed by atoms with Crippen LogP contribution in [0.3, 0.4) is 0 Å². The number of hydrogen-bond donors (Lipinski definition) is 0. The van der Waals surface area contributed by atoms with Crippen LogP contribution in [0.5, 0.6) is 5.75 Å². The molecule has 0 aromatic heterocycles. The van der Waals surface area contributed by atoms with Gasteiger partial charge in [-0.15, -0.1) is 0 Å². The van der Waals surface area contributed by atoms with Crippen LogP contribution in [0.4, 0.5) is 5.69 Å². The molecule has 1 aliphatic rings. The van der Waals surface area contributed by atoms with Crippen molar-refractivity contribution in [1.82, 2.24) is 0 Å². The van der Waals surface area contributed by atoms with Gasteiger partial charge < -0.3 is 9.64 Å². The van der Waals surface area contributed by atoms with E-state index < -0.39 is 0 Å². The third-order valence-corrected chi connectivity index (χ3v) is 4.68. The van der Waals surface area contributed by atoms with Gasteiger partial charge >= 0.3 is 5.97 Å². The molecule has 0 radical (unpaired) electrons.